The van der Waals surface area contributed by atoms with Gasteiger partial charge in [-0.15, -0.1) is 11.8 Å². The van der Waals surface area contributed by atoms with Gasteiger partial charge in [0.05, 0.1) is 15.0 Å². The lowest BCUT2D eigenvalue weighted by Crippen LogP contribution is -2.04. The van der Waals surface area contributed by atoms with Gasteiger partial charge in [-0.2, -0.15) is 0 Å². The molecule has 0 unspecified atom stereocenters. The third kappa shape index (κ3) is 3.86. The molecule has 106 valence electrons. The Morgan fingerprint density at radius 2 is 1.95 bits per heavy atom. The second-order valence-corrected chi connectivity index (χ2v) is 7.29. The van der Waals surface area contributed by atoms with Gasteiger partial charge < -0.3 is 0 Å². The van der Waals surface area contributed by atoms with Crippen LogP contribution in [-0.2, 0) is 5.75 Å². The summed E-state index contributed by atoms with van der Waals surface area (Å²) in [6, 6.07) is 8.34. The Kier molecular flexibility index (Phi) is 5.69. The molecule has 0 radical (unpaired) electrons. The molecular weight excluding hydrogens is 403 g/mol. The van der Waals surface area contributed by atoms with Crippen LogP contribution in [0.3, 0.4) is 0 Å². The highest BCUT2D eigenvalue weighted by Gasteiger charge is 2.13. The Morgan fingerprint density at radius 1 is 1.25 bits per heavy atom. The van der Waals surface area contributed by atoms with Crippen LogP contribution in [-0.4, -0.2) is 9.97 Å². The highest BCUT2D eigenvalue weighted by atomic mass is 127. The molecule has 0 amide bonds. The van der Waals surface area contributed by atoms with Crippen LogP contribution < -0.4 is 0 Å². The fourth-order valence-electron chi connectivity index (χ4n) is 1.79. The highest BCUT2D eigenvalue weighted by Crippen LogP contribution is 2.28. The maximum absolute atomic E-state index is 6.21. The minimum Gasteiger partial charge on any atom is -0.236 e. The zero-order valence-electron chi connectivity index (χ0n) is 11.7. The quantitative estimate of drug-likeness (QED) is 0.375. The van der Waals surface area contributed by atoms with E-state index >= 15 is 0 Å². The first-order valence-corrected chi connectivity index (χ1v) is 8.83. The fraction of sp³-hybridized carbons (Fsp3) is 0.333. The normalized spacial score (nSPS) is 11.1. The third-order valence-corrected chi connectivity index (χ3v) is 5.71. The number of aromatic nitrogens is 2. The van der Waals surface area contributed by atoms with Gasteiger partial charge in [-0.25, -0.2) is 9.97 Å². The molecule has 2 rings (SSSR count). The summed E-state index contributed by atoms with van der Waals surface area (Å²) in [5.41, 5.74) is 2.31. The molecule has 0 spiro atoms. The monoisotopic (exact) mass is 418 g/mol. The molecule has 0 N–H and O–H groups in total. The van der Waals surface area contributed by atoms with Crippen molar-refractivity contribution in [2.75, 3.05) is 0 Å². The molecule has 0 saturated carbocycles. The lowest BCUT2D eigenvalue weighted by Gasteiger charge is -2.11. The van der Waals surface area contributed by atoms with Crippen molar-refractivity contribution in [3.8, 4) is 0 Å². The van der Waals surface area contributed by atoms with Gasteiger partial charge >= 0.3 is 0 Å². The molecule has 2 aromatic rings. The van der Waals surface area contributed by atoms with Gasteiger partial charge in [0.1, 0.15) is 11.0 Å². The minimum absolute atomic E-state index is 0.351. The van der Waals surface area contributed by atoms with Crippen molar-refractivity contribution >= 4 is 46.0 Å². The van der Waals surface area contributed by atoms with Gasteiger partial charge in [0.25, 0.3) is 0 Å². The van der Waals surface area contributed by atoms with Crippen molar-refractivity contribution in [3.05, 3.63) is 50.1 Å². The molecule has 0 aliphatic heterocycles. The van der Waals surface area contributed by atoms with Crippen LogP contribution in [0.15, 0.2) is 29.2 Å². The summed E-state index contributed by atoms with van der Waals surface area (Å²) < 4.78 is 0.962. The van der Waals surface area contributed by atoms with Crippen molar-refractivity contribution < 1.29 is 0 Å². The fourth-order valence-corrected chi connectivity index (χ4v) is 3.73. The van der Waals surface area contributed by atoms with E-state index in [4.69, 9.17) is 11.6 Å². The Labute approximate surface area is 142 Å². The summed E-state index contributed by atoms with van der Waals surface area (Å²) in [6.07, 6.45) is 0. The van der Waals surface area contributed by atoms with Crippen LogP contribution in [0.1, 0.15) is 36.8 Å². The summed E-state index contributed by atoms with van der Waals surface area (Å²) >= 11 is 10.2. The van der Waals surface area contributed by atoms with Crippen LogP contribution in [0.25, 0.3) is 0 Å². The van der Waals surface area contributed by atoms with Gasteiger partial charge in [-0.3, -0.25) is 0 Å². The van der Waals surface area contributed by atoms with Gasteiger partial charge in [0.2, 0.25) is 0 Å². The summed E-state index contributed by atoms with van der Waals surface area (Å²) in [4.78, 5) is 10.3. The lowest BCUT2D eigenvalue weighted by molar-refractivity contribution is 0.790. The topological polar surface area (TPSA) is 25.8 Å². The first-order valence-electron chi connectivity index (χ1n) is 6.39. The Bertz CT molecular complexity index is 617. The van der Waals surface area contributed by atoms with Gasteiger partial charge in [-0.1, -0.05) is 43.6 Å². The van der Waals surface area contributed by atoms with E-state index in [-0.39, 0.29) is 0 Å². The van der Waals surface area contributed by atoms with Crippen molar-refractivity contribution in [2.24, 2.45) is 0 Å². The summed E-state index contributed by atoms with van der Waals surface area (Å²) in [7, 11) is 0. The van der Waals surface area contributed by atoms with Crippen LogP contribution in [0, 0.1) is 10.5 Å². The van der Waals surface area contributed by atoms with E-state index in [0.717, 1.165) is 20.8 Å². The summed E-state index contributed by atoms with van der Waals surface area (Å²) in [6.45, 7) is 6.36. The number of thioether (sulfide) groups is 1. The van der Waals surface area contributed by atoms with Crippen LogP contribution >= 0.6 is 46.0 Å². The molecule has 0 fully saturated rings. The van der Waals surface area contributed by atoms with Gasteiger partial charge in [0.15, 0.2) is 0 Å². The standard InChI is InChI=1S/C15H16ClIN2S/c1-9(2)14-13(17)15(16)19-12(18-14)8-20-11-7-5-4-6-10(11)3/h4-7,9H,8H2,1-3H3. The molecule has 2 nitrogen and oxygen atoms in total. The second-order valence-electron chi connectivity index (χ2n) is 4.84. The van der Waals surface area contributed by atoms with Gasteiger partial charge in [0, 0.05) is 4.90 Å². The number of hydrogen-bond acceptors (Lipinski definition) is 3. The van der Waals surface area contributed by atoms with E-state index in [1.807, 2.05) is 0 Å². The maximum Gasteiger partial charge on any atom is 0.146 e. The lowest BCUT2D eigenvalue weighted by atomic mass is 10.1. The Balaban J connectivity index is 2.20. The van der Waals surface area contributed by atoms with E-state index in [1.165, 1.54) is 10.5 Å². The Hall–Kier alpha value is -0.330. The van der Waals surface area contributed by atoms with Crippen LogP contribution in [0.4, 0.5) is 0 Å². The second kappa shape index (κ2) is 7.09. The third-order valence-electron chi connectivity index (χ3n) is 2.88. The average Bonchev–Trinajstić information content (AvgIpc) is 2.41. The number of rotatable bonds is 4. The predicted octanol–water partition coefficient (Wildman–Crippen LogP) is 5.46. The zero-order chi connectivity index (χ0) is 14.7. The molecule has 1 aromatic carbocycles. The largest absolute Gasteiger partial charge is 0.236 e. The molecule has 0 atom stereocenters. The van der Waals surface area contributed by atoms with E-state index in [1.54, 1.807) is 11.8 Å². The number of hydrogen-bond donors (Lipinski definition) is 0. The molecule has 0 aliphatic carbocycles. The maximum atomic E-state index is 6.21. The number of halogens is 2. The van der Waals surface area contributed by atoms with E-state index in [9.17, 15) is 0 Å². The van der Waals surface area contributed by atoms with Gasteiger partial charge in [-0.05, 0) is 47.1 Å². The molecule has 20 heavy (non-hydrogen) atoms. The summed E-state index contributed by atoms with van der Waals surface area (Å²) in [5.74, 6) is 1.89. The number of benzene rings is 1. The van der Waals surface area contributed by atoms with E-state index < -0.39 is 0 Å². The molecule has 0 saturated heterocycles. The van der Waals surface area contributed by atoms with E-state index in [0.29, 0.717) is 11.1 Å². The minimum atomic E-state index is 0.351. The average molecular weight is 419 g/mol. The van der Waals surface area contributed by atoms with Crippen molar-refractivity contribution in [3.63, 3.8) is 0 Å². The first-order chi connectivity index (χ1) is 9.49. The zero-order valence-corrected chi connectivity index (χ0v) is 15.4. The summed E-state index contributed by atoms with van der Waals surface area (Å²) in [5, 5.41) is 0.560. The van der Waals surface area contributed by atoms with Crippen LogP contribution in [0.5, 0.6) is 0 Å². The predicted molar refractivity (Wildman–Crippen MR) is 94.6 cm³/mol. The number of aryl methyl sites for hydroxylation is 1. The molecule has 1 heterocycles. The number of nitrogens with zero attached hydrogens (tertiary/aromatic N) is 2. The molecular formula is C15H16ClIN2S. The smallest absolute Gasteiger partial charge is 0.146 e. The molecule has 5 heteroatoms. The van der Waals surface area contributed by atoms with E-state index in [2.05, 4.69) is 77.6 Å². The molecule has 0 bridgehead atoms. The van der Waals surface area contributed by atoms with Crippen molar-refractivity contribution in [1.82, 2.24) is 9.97 Å². The van der Waals surface area contributed by atoms with Crippen LogP contribution in [0.2, 0.25) is 5.15 Å². The Morgan fingerprint density at radius 3 is 2.60 bits per heavy atom. The van der Waals surface area contributed by atoms with Crippen molar-refractivity contribution in [1.29, 1.82) is 0 Å². The highest BCUT2D eigenvalue weighted by molar-refractivity contribution is 14.1. The molecule has 1 aromatic heterocycles. The SMILES string of the molecule is Cc1ccccc1SCc1nc(Cl)c(I)c(C(C)C)n1. The first kappa shape index (κ1) is 16.0. The van der Waals surface area contributed by atoms with Crippen molar-refractivity contribution in [2.45, 2.75) is 37.3 Å². The molecule has 0 aliphatic rings.